The molecule has 0 saturated carbocycles. The maximum absolute atomic E-state index is 3.68. The molecular weight excluding hydrogens is 262 g/mol. The van der Waals surface area contributed by atoms with Gasteiger partial charge in [0.15, 0.2) is 0 Å². The molecule has 2 rings (SSSR count). The summed E-state index contributed by atoms with van der Waals surface area (Å²) < 4.78 is 1.26. The number of benzene rings is 1. The van der Waals surface area contributed by atoms with E-state index in [0.29, 0.717) is 5.92 Å². The SMILES string of the molecule is CC(C)C1CCNCC1c1ccccc1Br. The normalized spacial score (nSPS) is 26.0. The number of hydrogen-bond acceptors (Lipinski definition) is 1. The molecule has 0 aliphatic carbocycles. The van der Waals surface area contributed by atoms with Crippen LogP contribution in [0.15, 0.2) is 28.7 Å². The zero-order chi connectivity index (χ0) is 11.5. The van der Waals surface area contributed by atoms with Gasteiger partial charge in [-0.1, -0.05) is 48.0 Å². The van der Waals surface area contributed by atoms with E-state index < -0.39 is 0 Å². The fourth-order valence-electron chi connectivity index (χ4n) is 2.79. The Labute approximate surface area is 107 Å². The van der Waals surface area contributed by atoms with E-state index in [1.165, 1.54) is 23.0 Å². The molecule has 16 heavy (non-hydrogen) atoms. The van der Waals surface area contributed by atoms with Crippen LogP contribution in [-0.2, 0) is 0 Å². The molecule has 1 N–H and O–H groups in total. The minimum absolute atomic E-state index is 0.657. The second kappa shape index (κ2) is 5.33. The molecule has 1 aliphatic heterocycles. The predicted molar refractivity (Wildman–Crippen MR) is 72.7 cm³/mol. The van der Waals surface area contributed by atoms with Crippen LogP contribution >= 0.6 is 15.9 Å². The van der Waals surface area contributed by atoms with Crippen molar-refractivity contribution in [2.24, 2.45) is 11.8 Å². The quantitative estimate of drug-likeness (QED) is 0.870. The van der Waals surface area contributed by atoms with Gasteiger partial charge >= 0.3 is 0 Å². The third-order valence-corrected chi connectivity index (χ3v) is 4.42. The number of nitrogens with one attached hydrogen (secondary N) is 1. The van der Waals surface area contributed by atoms with Crippen molar-refractivity contribution in [3.8, 4) is 0 Å². The maximum atomic E-state index is 3.68. The highest BCUT2D eigenvalue weighted by atomic mass is 79.9. The smallest absolute Gasteiger partial charge is 0.0210 e. The maximum Gasteiger partial charge on any atom is 0.0210 e. The Morgan fingerprint density at radius 1 is 1.31 bits per heavy atom. The summed E-state index contributed by atoms with van der Waals surface area (Å²) in [7, 11) is 0. The van der Waals surface area contributed by atoms with Gasteiger partial charge in [0.1, 0.15) is 0 Å². The average Bonchev–Trinajstić information content (AvgIpc) is 2.29. The molecule has 1 aromatic rings. The lowest BCUT2D eigenvalue weighted by atomic mass is 9.75. The minimum Gasteiger partial charge on any atom is -0.316 e. The second-order valence-corrected chi connectivity index (χ2v) is 5.88. The first-order chi connectivity index (χ1) is 7.70. The molecule has 0 aromatic heterocycles. The second-order valence-electron chi connectivity index (χ2n) is 5.03. The third kappa shape index (κ3) is 2.49. The van der Waals surface area contributed by atoms with E-state index in [9.17, 15) is 0 Å². The highest BCUT2D eigenvalue weighted by Crippen LogP contribution is 2.37. The summed E-state index contributed by atoms with van der Waals surface area (Å²) in [5, 5.41) is 3.52. The molecular formula is C14H20BrN. The van der Waals surface area contributed by atoms with Crippen molar-refractivity contribution in [2.75, 3.05) is 13.1 Å². The van der Waals surface area contributed by atoms with Crippen LogP contribution < -0.4 is 5.32 Å². The molecule has 1 fully saturated rings. The van der Waals surface area contributed by atoms with Crippen molar-refractivity contribution in [3.05, 3.63) is 34.3 Å². The molecule has 1 heterocycles. The molecule has 1 saturated heterocycles. The fraction of sp³-hybridized carbons (Fsp3) is 0.571. The lowest BCUT2D eigenvalue weighted by Crippen LogP contribution is -2.37. The largest absolute Gasteiger partial charge is 0.316 e. The number of hydrogen-bond donors (Lipinski definition) is 1. The molecule has 2 unspecified atom stereocenters. The van der Waals surface area contributed by atoms with Crippen LogP contribution in [0.5, 0.6) is 0 Å². The first kappa shape index (κ1) is 12.1. The monoisotopic (exact) mass is 281 g/mol. The Morgan fingerprint density at radius 3 is 2.75 bits per heavy atom. The predicted octanol–water partition coefficient (Wildman–Crippen LogP) is 3.80. The highest BCUT2D eigenvalue weighted by Gasteiger charge is 2.29. The van der Waals surface area contributed by atoms with Crippen molar-refractivity contribution in [1.82, 2.24) is 5.32 Å². The molecule has 0 amide bonds. The number of halogens is 1. The number of piperidine rings is 1. The zero-order valence-electron chi connectivity index (χ0n) is 10.0. The summed E-state index contributed by atoms with van der Waals surface area (Å²) in [5.41, 5.74) is 1.47. The van der Waals surface area contributed by atoms with E-state index in [2.05, 4.69) is 59.4 Å². The Morgan fingerprint density at radius 2 is 2.06 bits per heavy atom. The van der Waals surface area contributed by atoms with Crippen LogP contribution in [0.3, 0.4) is 0 Å². The van der Waals surface area contributed by atoms with E-state index in [4.69, 9.17) is 0 Å². The van der Waals surface area contributed by atoms with Crippen LogP contribution in [0.1, 0.15) is 31.7 Å². The van der Waals surface area contributed by atoms with E-state index >= 15 is 0 Å². The molecule has 2 heteroatoms. The highest BCUT2D eigenvalue weighted by molar-refractivity contribution is 9.10. The Balaban J connectivity index is 2.27. The van der Waals surface area contributed by atoms with Crippen molar-refractivity contribution in [2.45, 2.75) is 26.2 Å². The van der Waals surface area contributed by atoms with E-state index in [-0.39, 0.29) is 0 Å². The average molecular weight is 282 g/mol. The van der Waals surface area contributed by atoms with Crippen molar-refractivity contribution < 1.29 is 0 Å². The molecule has 1 nitrogen and oxygen atoms in total. The van der Waals surface area contributed by atoms with Crippen molar-refractivity contribution in [3.63, 3.8) is 0 Å². The summed E-state index contributed by atoms with van der Waals surface area (Å²) in [6.07, 6.45) is 1.30. The van der Waals surface area contributed by atoms with Crippen LogP contribution in [-0.4, -0.2) is 13.1 Å². The van der Waals surface area contributed by atoms with Gasteiger partial charge in [-0.2, -0.15) is 0 Å². The van der Waals surface area contributed by atoms with Gasteiger partial charge in [0, 0.05) is 16.9 Å². The molecule has 1 aromatic carbocycles. The standard InChI is InChI=1S/C14H20BrN/c1-10(2)11-7-8-16-9-13(11)12-5-3-4-6-14(12)15/h3-6,10-11,13,16H,7-9H2,1-2H3. The van der Waals surface area contributed by atoms with Crippen LogP contribution in [0.4, 0.5) is 0 Å². The molecule has 2 atom stereocenters. The van der Waals surface area contributed by atoms with E-state index in [0.717, 1.165) is 18.4 Å². The summed E-state index contributed by atoms with van der Waals surface area (Å²) in [4.78, 5) is 0. The molecule has 0 radical (unpaired) electrons. The Bertz CT molecular complexity index is 348. The first-order valence-electron chi connectivity index (χ1n) is 6.15. The molecule has 0 bridgehead atoms. The summed E-state index contributed by atoms with van der Waals surface area (Å²) in [6.45, 7) is 6.98. The van der Waals surface area contributed by atoms with Crippen LogP contribution in [0.2, 0.25) is 0 Å². The summed E-state index contributed by atoms with van der Waals surface area (Å²) in [5.74, 6) is 2.23. The lowest BCUT2D eigenvalue weighted by Gasteiger charge is -2.35. The summed E-state index contributed by atoms with van der Waals surface area (Å²) >= 11 is 3.68. The van der Waals surface area contributed by atoms with Gasteiger partial charge in [-0.3, -0.25) is 0 Å². The van der Waals surface area contributed by atoms with Gasteiger partial charge in [0.05, 0.1) is 0 Å². The number of rotatable bonds is 2. The topological polar surface area (TPSA) is 12.0 Å². The first-order valence-corrected chi connectivity index (χ1v) is 6.94. The van der Waals surface area contributed by atoms with Gasteiger partial charge in [-0.25, -0.2) is 0 Å². The van der Waals surface area contributed by atoms with Gasteiger partial charge in [-0.05, 0) is 36.4 Å². The molecule has 88 valence electrons. The fourth-order valence-corrected chi connectivity index (χ4v) is 3.37. The van der Waals surface area contributed by atoms with Gasteiger partial charge in [-0.15, -0.1) is 0 Å². The van der Waals surface area contributed by atoms with Crippen molar-refractivity contribution >= 4 is 15.9 Å². The van der Waals surface area contributed by atoms with Gasteiger partial charge in [0.2, 0.25) is 0 Å². The van der Waals surface area contributed by atoms with Gasteiger partial charge < -0.3 is 5.32 Å². The zero-order valence-corrected chi connectivity index (χ0v) is 11.6. The third-order valence-electron chi connectivity index (χ3n) is 3.70. The molecule has 0 spiro atoms. The van der Waals surface area contributed by atoms with Gasteiger partial charge in [0.25, 0.3) is 0 Å². The summed E-state index contributed by atoms with van der Waals surface area (Å²) in [6, 6.07) is 8.65. The molecule has 1 aliphatic rings. The Kier molecular flexibility index (Phi) is 4.04. The minimum atomic E-state index is 0.657. The van der Waals surface area contributed by atoms with Crippen LogP contribution in [0.25, 0.3) is 0 Å². The Hall–Kier alpha value is -0.340. The van der Waals surface area contributed by atoms with E-state index in [1.54, 1.807) is 0 Å². The van der Waals surface area contributed by atoms with E-state index in [1.807, 2.05) is 0 Å². The van der Waals surface area contributed by atoms with Crippen molar-refractivity contribution in [1.29, 1.82) is 0 Å². The lowest BCUT2D eigenvalue weighted by molar-refractivity contribution is 0.251. The van der Waals surface area contributed by atoms with Crippen LogP contribution in [0, 0.1) is 11.8 Å².